The van der Waals surface area contributed by atoms with Gasteiger partial charge in [0.2, 0.25) is 8.32 Å². The Morgan fingerprint density at radius 3 is 2.53 bits per heavy atom. The molecule has 19 heavy (non-hydrogen) atoms. The van der Waals surface area contributed by atoms with Crippen molar-refractivity contribution in [3.63, 3.8) is 0 Å². The molecule has 2 atom stereocenters. The average molecular weight is 297 g/mol. The van der Waals surface area contributed by atoms with Crippen LogP contribution in [-0.2, 0) is 10.5 Å². The number of hydrogen-bond donors (Lipinski definition) is 0. The summed E-state index contributed by atoms with van der Waals surface area (Å²) in [6.07, 6.45) is 3.58. The lowest BCUT2D eigenvalue weighted by Crippen LogP contribution is -2.53. The normalized spacial score (nSPS) is 25.5. The topological polar surface area (TPSA) is 9.23 Å². The third-order valence-corrected chi connectivity index (χ3v) is 9.71. The maximum atomic E-state index is 6.80. The van der Waals surface area contributed by atoms with Crippen molar-refractivity contribution in [2.75, 3.05) is 6.61 Å². The second-order valence-electron chi connectivity index (χ2n) is 6.13. The van der Waals surface area contributed by atoms with E-state index >= 15 is 0 Å². The van der Waals surface area contributed by atoms with E-state index in [0.29, 0.717) is 5.92 Å². The molecule has 1 nitrogen and oxygen atoms in total. The Bertz CT molecular complexity index is 374. The zero-order valence-electron chi connectivity index (χ0n) is 12.1. The van der Waals surface area contributed by atoms with Crippen molar-refractivity contribution in [2.24, 2.45) is 5.92 Å². The molecule has 0 aromatic heterocycles. The Morgan fingerprint density at radius 1 is 1.21 bits per heavy atom. The Morgan fingerprint density at radius 2 is 1.95 bits per heavy atom. The fraction of sp³-hybridized carbons (Fsp3) is 0.625. The minimum absolute atomic E-state index is 0.244. The number of rotatable bonds is 5. The van der Waals surface area contributed by atoms with Crippen LogP contribution in [0.3, 0.4) is 0 Å². The molecule has 1 aliphatic rings. The predicted molar refractivity (Wildman–Crippen MR) is 85.0 cm³/mol. The van der Waals surface area contributed by atoms with Gasteiger partial charge in [0.05, 0.1) is 5.00 Å². The summed E-state index contributed by atoms with van der Waals surface area (Å²) in [6, 6.07) is 13.0. The van der Waals surface area contributed by atoms with Crippen LogP contribution in [0.2, 0.25) is 6.04 Å². The average Bonchev–Trinajstić information content (AvgIpc) is 2.40. The molecular weight excluding hydrogens is 272 g/mol. The first-order valence-corrected chi connectivity index (χ1v) is 10.3. The summed E-state index contributed by atoms with van der Waals surface area (Å²) >= 11 is 6.80. The molecule has 1 aromatic carbocycles. The molecule has 1 aromatic rings. The lowest BCUT2D eigenvalue weighted by atomic mass is 10.2. The summed E-state index contributed by atoms with van der Waals surface area (Å²) < 4.78 is 6.34. The quantitative estimate of drug-likeness (QED) is 0.564. The van der Waals surface area contributed by atoms with E-state index < -0.39 is 8.32 Å². The van der Waals surface area contributed by atoms with Gasteiger partial charge in [-0.25, -0.2) is 0 Å². The highest BCUT2D eigenvalue weighted by molar-refractivity contribution is 6.81. The third kappa shape index (κ3) is 4.07. The Labute approximate surface area is 123 Å². The van der Waals surface area contributed by atoms with Crippen molar-refractivity contribution in [1.82, 2.24) is 0 Å². The highest BCUT2D eigenvalue weighted by atomic mass is 35.5. The fourth-order valence-electron chi connectivity index (χ4n) is 2.94. The van der Waals surface area contributed by atoms with Crippen molar-refractivity contribution in [3.8, 4) is 0 Å². The van der Waals surface area contributed by atoms with Crippen LogP contribution in [-0.4, -0.2) is 19.9 Å². The van der Waals surface area contributed by atoms with Gasteiger partial charge in [-0.2, -0.15) is 0 Å². The van der Waals surface area contributed by atoms with Crippen LogP contribution < -0.4 is 0 Å². The molecule has 1 heterocycles. The fourth-order valence-corrected chi connectivity index (χ4v) is 8.41. The van der Waals surface area contributed by atoms with Crippen LogP contribution >= 0.6 is 11.6 Å². The first-order valence-electron chi connectivity index (χ1n) is 7.44. The highest BCUT2D eigenvalue weighted by Gasteiger charge is 2.43. The molecular formula is C16H25ClOSi. The summed E-state index contributed by atoms with van der Waals surface area (Å²) in [5, 5.41) is 0.244. The zero-order valence-corrected chi connectivity index (χ0v) is 13.8. The van der Waals surface area contributed by atoms with E-state index in [0.717, 1.165) is 19.1 Å². The van der Waals surface area contributed by atoms with Crippen molar-refractivity contribution < 1.29 is 4.43 Å². The smallest absolute Gasteiger partial charge is 0.214 e. The standard InChI is InChI=1S/C16H25ClOSi/c1-14(2)12-16(17)19(11-7-6-10-18-19)13-15-8-4-3-5-9-15/h3-5,8-9,14,16H,6-7,10-13H2,1-2H3. The molecule has 1 saturated heterocycles. The molecule has 1 aliphatic heterocycles. The maximum absolute atomic E-state index is 6.80. The monoisotopic (exact) mass is 296 g/mol. The number of halogens is 1. The van der Waals surface area contributed by atoms with Gasteiger partial charge in [0.1, 0.15) is 0 Å². The molecule has 2 unspecified atom stereocenters. The van der Waals surface area contributed by atoms with E-state index in [1.54, 1.807) is 0 Å². The van der Waals surface area contributed by atoms with Crippen LogP contribution in [0.5, 0.6) is 0 Å². The van der Waals surface area contributed by atoms with Crippen molar-refractivity contribution in [2.45, 2.75) is 50.2 Å². The SMILES string of the molecule is CC(C)CC(Cl)[Si]1(Cc2ccccc2)CCCCO1. The molecule has 0 aliphatic carbocycles. The summed E-state index contributed by atoms with van der Waals surface area (Å²) in [5.74, 6) is 0.646. The second kappa shape index (κ2) is 6.92. The first kappa shape index (κ1) is 15.1. The minimum atomic E-state index is -1.82. The van der Waals surface area contributed by atoms with Gasteiger partial charge in [0, 0.05) is 6.61 Å². The number of hydrogen-bond acceptors (Lipinski definition) is 1. The van der Waals surface area contributed by atoms with Crippen molar-refractivity contribution in [3.05, 3.63) is 35.9 Å². The van der Waals surface area contributed by atoms with Crippen LogP contribution in [0.15, 0.2) is 30.3 Å². The van der Waals surface area contributed by atoms with Crippen molar-refractivity contribution >= 4 is 19.9 Å². The van der Waals surface area contributed by atoms with Crippen LogP contribution in [0.4, 0.5) is 0 Å². The summed E-state index contributed by atoms with van der Waals surface area (Å²) in [5.41, 5.74) is 1.39. The van der Waals surface area contributed by atoms with Gasteiger partial charge in [0.25, 0.3) is 0 Å². The number of alkyl halides is 1. The Kier molecular flexibility index (Phi) is 5.49. The van der Waals surface area contributed by atoms with Gasteiger partial charge in [-0.1, -0.05) is 50.6 Å². The highest BCUT2D eigenvalue weighted by Crippen LogP contribution is 2.34. The molecule has 0 saturated carbocycles. The van der Waals surface area contributed by atoms with E-state index in [-0.39, 0.29) is 5.00 Å². The van der Waals surface area contributed by atoms with Gasteiger partial charge in [-0.05, 0) is 36.4 Å². The molecule has 0 bridgehead atoms. The van der Waals surface area contributed by atoms with E-state index in [9.17, 15) is 0 Å². The van der Waals surface area contributed by atoms with Crippen LogP contribution in [0.25, 0.3) is 0 Å². The first-order chi connectivity index (χ1) is 9.12. The molecule has 0 amide bonds. The third-order valence-electron chi connectivity index (χ3n) is 3.98. The minimum Gasteiger partial charge on any atom is -0.415 e. The largest absolute Gasteiger partial charge is 0.415 e. The summed E-state index contributed by atoms with van der Waals surface area (Å²) in [7, 11) is -1.82. The van der Waals surface area contributed by atoms with E-state index in [4.69, 9.17) is 16.0 Å². The molecule has 0 spiro atoms. The number of benzene rings is 1. The maximum Gasteiger partial charge on any atom is 0.214 e. The molecule has 106 valence electrons. The van der Waals surface area contributed by atoms with Gasteiger partial charge < -0.3 is 4.43 Å². The predicted octanol–water partition coefficient (Wildman–Crippen LogP) is 4.72. The Balaban J connectivity index is 2.14. The van der Waals surface area contributed by atoms with Gasteiger partial charge in [-0.15, -0.1) is 11.6 Å². The Hall–Kier alpha value is -0.313. The molecule has 2 rings (SSSR count). The summed E-state index contributed by atoms with van der Waals surface area (Å²) in [6.45, 7) is 5.42. The zero-order chi connectivity index (χ0) is 13.7. The molecule has 0 radical (unpaired) electrons. The summed E-state index contributed by atoms with van der Waals surface area (Å²) in [4.78, 5) is 0. The molecule has 1 fully saturated rings. The van der Waals surface area contributed by atoms with Gasteiger partial charge in [0.15, 0.2) is 0 Å². The molecule has 0 N–H and O–H groups in total. The second-order valence-corrected chi connectivity index (χ2v) is 11.0. The van der Waals surface area contributed by atoms with E-state index in [1.165, 1.54) is 24.4 Å². The van der Waals surface area contributed by atoms with Crippen LogP contribution in [0.1, 0.15) is 38.7 Å². The van der Waals surface area contributed by atoms with Crippen LogP contribution in [0, 0.1) is 5.92 Å². The van der Waals surface area contributed by atoms with Gasteiger partial charge in [-0.3, -0.25) is 0 Å². The van der Waals surface area contributed by atoms with E-state index in [2.05, 4.69) is 44.2 Å². The van der Waals surface area contributed by atoms with Gasteiger partial charge >= 0.3 is 0 Å². The lowest BCUT2D eigenvalue weighted by molar-refractivity contribution is 0.260. The molecule has 3 heteroatoms. The van der Waals surface area contributed by atoms with E-state index in [1.807, 2.05) is 0 Å². The lowest BCUT2D eigenvalue weighted by Gasteiger charge is -2.39. The van der Waals surface area contributed by atoms with Crippen molar-refractivity contribution in [1.29, 1.82) is 0 Å².